The molecule has 0 bridgehead atoms. The summed E-state index contributed by atoms with van der Waals surface area (Å²) < 4.78 is 36.2. The van der Waals surface area contributed by atoms with Gasteiger partial charge in [0, 0.05) is 23.9 Å². The Balaban J connectivity index is 0.00000139. The SMILES string of the molecule is CCCOC(=O)N[C@@H](C(=O)NN1CCC[C@H]1C(=O)NC[C@H]1CC[C@H](N)CC1)C(C)(C)SC(C)C.O=S(=O)(O)O. The number of amides is 3. The van der Waals surface area contributed by atoms with Gasteiger partial charge in [0.15, 0.2) is 0 Å². The lowest BCUT2D eigenvalue weighted by Crippen LogP contribution is -2.61. The van der Waals surface area contributed by atoms with E-state index in [2.05, 4.69) is 29.9 Å². The van der Waals surface area contributed by atoms with Crippen molar-refractivity contribution in [3.63, 3.8) is 0 Å². The third kappa shape index (κ3) is 14.5. The van der Waals surface area contributed by atoms with Crippen molar-refractivity contribution in [1.82, 2.24) is 21.1 Å². The molecule has 0 aromatic rings. The lowest BCUT2D eigenvalue weighted by molar-refractivity contribution is -0.133. The Labute approximate surface area is 236 Å². The van der Waals surface area contributed by atoms with E-state index in [-0.39, 0.29) is 23.1 Å². The molecule has 228 valence electrons. The molecule has 7 N–H and O–H groups in total. The maximum absolute atomic E-state index is 13.4. The van der Waals surface area contributed by atoms with Crippen LogP contribution in [0.3, 0.4) is 0 Å². The molecule has 1 heterocycles. The highest BCUT2D eigenvalue weighted by molar-refractivity contribution is 8.01. The van der Waals surface area contributed by atoms with E-state index in [4.69, 9.17) is 28.0 Å². The van der Waals surface area contributed by atoms with Crippen LogP contribution in [0.15, 0.2) is 0 Å². The minimum atomic E-state index is -4.67. The molecule has 2 rings (SSSR count). The molecule has 1 saturated heterocycles. The minimum Gasteiger partial charge on any atom is -0.450 e. The predicted octanol–water partition coefficient (Wildman–Crippen LogP) is 1.89. The second-order valence-electron chi connectivity index (χ2n) is 10.8. The van der Waals surface area contributed by atoms with Crippen molar-refractivity contribution in [2.45, 2.75) is 108 Å². The Morgan fingerprint density at radius 1 is 1.13 bits per heavy atom. The molecule has 1 aliphatic carbocycles. The molecule has 3 amide bonds. The van der Waals surface area contributed by atoms with E-state index >= 15 is 0 Å². The second kappa shape index (κ2) is 16.6. The zero-order valence-corrected chi connectivity index (χ0v) is 25.3. The molecule has 2 aliphatic rings. The van der Waals surface area contributed by atoms with E-state index in [0.29, 0.717) is 38.5 Å². The smallest absolute Gasteiger partial charge is 0.407 e. The first-order chi connectivity index (χ1) is 18.0. The number of nitrogens with one attached hydrogen (secondary N) is 3. The van der Waals surface area contributed by atoms with Crippen LogP contribution in [0.2, 0.25) is 0 Å². The van der Waals surface area contributed by atoms with Gasteiger partial charge in [0.1, 0.15) is 12.1 Å². The third-order valence-electron chi connectivity index (χ3n) is 6.46. The standard InChI is InChI=1S/C24H45N5O4S.H2O4S/c1-6-14-33-23(32)27-20(24(4,5)34-16(2)3)22(31)28-29-13-7-8-19(29)21(30)26-15-17-9-11-18(25)12-10-17;1-5(2,3)4/h16-20H,6-15,25H2,1-5H3,(H,26,30)(H,27,32)(H,28,31);(H2,1,2,3,4)/t17-,18-,19-,20-;/m0./s1. The minimum absolute atomic E-state index is 0.0599. The largest absolute Gasteiger partial charge is 0.450 e. The number of carbonyl (C=O) groups excluding carboxylic acids is 3. The summed E-state index contributed by atoms with van der Waals surface area (Å²) in [5, 5.41) is 7.82. The number of hydrazine groups is 1. The zero-order valence-electron chi connectivity index (χ0n) is 23.6. The van der Waals surface area contributed by atoms with E-state index < -0.39 is 33.3 Å². The fourth-order valence-electron chi connectivity index (χ4n) is 4.72. The zero-order chi connectivity index (χ0) is 29.8. The summed E-state index contributed by atoms with van der Waals surface area (Å²) >= 11 is 1.61. The van der Waals surface area contributed by atoms with Crippen molar-refractivity contribution in [1.29, 1.82) is 0 Å². The highest BCUT2D eigenvalue weighted by atomic mass is 32.3. The van der Waals surface area contributed by atoms with Crippen LogP contribution in [-0.2, 0) is 24.7 Å². The summed E-state index contributed by atoms with van der Waals surface area (Å²) in [6.45, 7) is 11.4. The molecule has 0 aromatic carbocycles. The van der Waals surface area contributed by atoms with Crippen molar-refractivity contribution >= 4 is 40.1 Å². The molecular weight excluding hydrogens is 550 g/mol. The van der Waals surface area contributed by atoms with Gasteiger partial charge in [-0.3, -0.25) is 24.1 Å². The Hall–Kier alpha value is -1.65. The number of hydrogen-bond donors (Lipinski definition) is 6. The topological polar surface area (TPSA) is 200 Å². The normalized spacial score (nSPS) is 22.8. The van der Waals surface area contributed by atoms with E-state index in [1.165, 1.54) is 0 Å². The molecule has 39 heavy (non-hydrogen) atoms. The van der Waals surface area contributed by atoms with Crippen LogP contribution in [0.5, 0.6) is 0 Å². The molecule has 2 atom stereocenters. The van der Waals surface area contributed by atoms with Crippen LogP contribution < -0.4 is 21.8 Å². The van der Waals surface area contributed by atoms with Crippen molar-refractivity contribution < 1.29 is 36.6 Å². The first kappa shape index (κ1) is 35.4. The number of alkyl carbamates (subject to hydrolysis) is 1. The lowest BCUT2D eigenvalue weighted by atomic mass is 9.86. The number of nitrogens with two attached hydrogens (primary N) is 1. The average molecular weight is 598 g/mol. The molecule has 0 spiro atoms. The lowest BCUT2D eigenvalue weighted by Gasteiger charge is -2.36. The monoisotopic (exact) mass is 597 g/mol. The third-order valence-corrected chi connectivity index (χ3v) is 7.78. The summed E-state index contributed by atoms with van der Waals surface area (Å²) in [4.78, 5) is 38.6. The van der Waals surface area contributed by atoms with Crippen molar-refractivity contribution in [2.24, 2.45) is 11.7 Å². The fourth-order valence-corrected chi connectivity index (χ4v) is 6.24. The van der Waals surface area contributed by atoms with Crippen molar-refractivity contribution in [3.05, 3.63) is 0 Å². The first-order valence-electron chi connectivity index (χ1n) is 13.4. The van der Waals surface area contributed by atoms with Gasteiger partial charge < -0.3 is 21.1 Å². The van der Waals surface area contributed by atoms with Gasteiger partial charge >= 0.3 is 16.5 Å². The number of thioether (sulfide) groups is 1. The van der Waals surface area contributed by atoms with Gasteiger partial charge in [-0.1, -0.05) is 20.8 Å². The highest BCUT2D eigenvalue weighted by Crippen LogP contribution is 2.32. The molecule has 15 heteroatoms. The molecule has 0 unspecified atom stereocenters. The van der Waals surface area contributed by atoms with Crippen molar-refractivity contribution in [2.75, 3.05) is 19.7 Å². The summed E-state index contributed by atoms with van der Waals surface area (Å²) in [5.41, 5.74) is 8.91. The van der Waals surface area contributed by atoms with Gasteiger partial charge in [-0.25, -0.2) is 9.80 Å². The van der Waals surface area contributed by atoms with Crippen LogP contribution in [-0.4, -0.2) is 88.3 Å². The molecule has 2 fully saturated rings. The quantitative estimate of drug-likeness (QED) is 0.190. The summed E-state index contributed by atoms with van der Waals surface area (Å²) in [7, 11) is -4.67. The maximum Gasteiger partial charge on any atom is 0.407 e. The molecule has 0 aromatic heterocycles. The number of hydrogen-bond acceptors (Lipinski definition) is 9. The van der Waals surface area contributed by atoms with Gasteiger partial charge in [-0.15, -0.1) is 0 Å². The van der Waals surface area contributed by atoms with Crippen LogP contribution >= 0.6 is 11.8 Å². The van der Waals surface area contributed by atoms with Crippen LogP contribution in [0.25, 0.3) is 0 Å². The predicted molar refractivity (Wildman–Crippen MR) is 150 cm³/mol. The number of nitrogens with zero attached hydrogens (tertiary/aromatic N) is 1. The van der Waals surface area contributed by atoms with Gasteiger partial charge in [0.25, 0.3) is 5.91 Å². The Morgan fingerprint density at radius 3 is 2.26 bits per heavy atom. The van der Waals surface area contributed by atoms with E-state index in [0.717, 1.165) is 32.1 Å². The molecule has 1 aliphatic heterocycles. The van der Waals surface area contributed by atoms with Gasteiger partial charge in [0.2, 0.25) is 5.91 Å². The molecule has 13 nitrogen and oxygen atoms in total. The summed E-state index contributed by atoms with van der Waals surface area (Å²) in [6, 6.07) is -0.949. The number of ether oxygens (including phenoxy) is 1. The van der Waals surface area contributed by atoms with Crippen molar-refractivity contribution in [3.8, 4) is 0 Å². The van der Waals surface area contributed by atoms with Gasteiger partial charge in [-0.05, 0) is 70.0 Å². The molecule has 0 radical (unpaired) electrons. The van der Waals surface area contributed by atoms with Crippen LogP contribution in [0.4, 0.5) is 4.79 Å². The van der Waals surface area contributed by atoms with E-state index in [1.54, 1.807) is 16.8 Å². The molecular formula is C24H47N5O8S2. The first-order valence-corrected chi connectivity index (χ1v) is 15.7. The average Bonchev–Trinajstić information content (AvgIpc) is 3.26. The Morgan fingerprint density at radius 2 is 1.72 bits per heavy atom. The van der Waals surface area contributed by atoms with Gasteiger partial charge in [-0.2, -0.15) is 20.2 Å². The number of rotatable bonds is 11. The maximum atomic E-state index is 13.4. The van der Waals surface area contributed by atoms with Gasteiger partial charge in [0.05, 0.1) is 6.61 Å². The summed E-state index contributed by atoms with van der Waals surface area (Å²) in [5.74, 6) is 0.0627. The van der Waals surface area contributed by atoms with Crippen LogP contribution in [0, 0.1) is 5.92 Å². The Kier molecular flexibility index (Phi) is 15.0. The molecule has 1 saturated carbocycles. The van der Waals surface area contributed by atoms with Crippen LogP contribution in [0.1, 0.15) is 79.6 Å². The second-order valence-corrected chi connectivity index (χ2v) is 13.9. The Bertz CT molecular complexity index is 887. The van der Waals surface area contributed by atoms with E-state index in [9.17, 15) is 14.4 Å². The highest BCUT2D eigenvalue weighted by Gasteiger charge is 2.41. The number of carbonyl (C=O) groups is 3. The fraction of sp³-hybridized carbons (Fsp3) is 0.875. The summed E-state index contributed by atoms with van der Waals surface area (Å²) in [6.07, 6.45) is 5.68. The van der Waals surface area contributed by atoms with E-state index in [1.807, 2.05) is 20.8 Å².